The molecule has 1 aliphatic rings. The van der Waals surface area contributed by atoms with Gasteiger partial charge in [0.05, 0.1) is 17.3 Å². The predicted molar refractivity (Wildman–Crippen MR) is 69.9 cm³/mol. The van der Waals surface area contributed by atoms with Crippen LogP contribution in [0.1, 0.15) is 24.8 Å². The van der Waals surface area contributed by atoms with Crippen molar-refractivity contribution < 1.29 is 9.18 Å². The van der Waals surface area contributed by atoms with Gasteiger partial charge in [-0.15, -0.1) is 0 Å². The van der Waals surface area contributed by atoms with Gasteiger partial charge in [-0.2, -0.15) is 5.26 Å². The van der Waals surface area contributed by atoms with Gasteiger partial charge in [-0.1, -0.05) is 0 Å². The number of hydrogen-bond donors (Lipinski definition) is 1. The zero-order valence-electron chi connectivity index (χ0n) is 10.6. The fourth-order valence-electron chi connectivity index (χ4n) is 2.57. The first-order chi connectivity index (χ1) is 9.10. The molecule has 19 heavy (non-hydrogen) atoms. The van der Waals surface area contributed by atoms with Crippen molar-refractivity contribution in [1.82, 2.24) is 0 Å². The van der Waals surface area contributed by atoms with Crippen molar-refractivity contribution in [2.75, 3.05) is 18.0 Å². The van der Waals surface area contributed by atoms with E-state index in [1.165, 1.54) is 6.07 Å². The van der Waals surface area contributed by atoms with Crippen LogP contribution in [-0.2, 0) is 4.79 Å². The van der Waals surface area contributed by atoms with Crippen molar-refractivity contribution in [3.05, 3.63) is 29.6 Å². The molecule has 0 aliphatic carbocycles. The van der Waals surface area contributed by atoms with Gasteiger partial charge in [0.15, 0.2) is 0 Å². The molecule has 1 unspecified atom stereocenters. The lowest BCUT2D eigenvalue weighted by Crippen LogP contribution is -2.37. The third kappa shape index (κ3) is 3.22. The largest absolute Gasteiger partial charge is 0.370 e. The molecule has 4 nitrogen and oxygen atoms in total. The van der Waals surface area contributed by atoms with Crippen molar-refractivity contribution in [3.63, 3.8) is 0 Å². The Morgan fingerprint density at radius 1 is 1.58 bits per heavy atom. The Kier molecular flexibility index (Phi) is 4.00. The van der Waals surface area contributed by atoms with Crippen LogP contribution in [-0.4, -0.2) is 19.0 Å². The molecule has 0 bridgehead atoms. The number of nitriles is 1. The van der Waals surface area contributed by atoms with Crippen LogP contribution >= 0.6 is 0 Å². The van der Waals surface area contributed by atoms with Gasteiger partial charge in [0, 0.05) is 19.5 Å². The summed E-state index contributed by atoms with van der Waals surface area (Å²) >= 11 is 0. The molecule has 0 spiro atoms. The number of benzene rings is 1. The third-order valence-electron chi connectivity index (χ3n) is 3.43. The average molecular weight is 261 g/mol. The summed E-state index contributed by atoms with van der Waals surface area (Å²) < 4.78 is 13.9. The van der Waals surface area contributed by atoms with Crippen molar-refractivity contribution in [3.8, 4) is 6.07 Å². The fraction of sp³-hybridized carbons (Fsp3) is 0.429. The number of amides is 1. The number of hydrogen-bond acceptors (Lipinski definition) is 3. The van der Waals surface area contributed by atoms with Crippen LogP contribution in [0.5, 0.6) is 0 Å². The summed E-state index contributed by atoms with van der Waals surface area (Å²) in [5.41, 5.74) is 6.01. The summed E-state index contributed by atoms with van der Waals surface area (Å²) in [7, 11) is 0. The second-order valence-corrected chi connectivity index (χ2v) is 4.90. The summed E-state index contributed by atoms with van der Waals surface area (Å²) in [4.78, 5) is 12.9. The minimum absolute atomic E-state index is 0.182. The van der Waals surface area contributed by atoms with E-state index in [0.29, 0.717) is 24.2 Å². The topological polar surface area (TPSA) is 70.1 Å². The molecule has 1 fully saturated rings. The van der Waals surface area contributed by atoms with E-state index in [1.807, 2.05) is 11.0 Å². The summed E-state index contributed by atoms with van der Waals surface area (Å²) in [6, 6.07) is 6.39. The normalized spacial score (nSPS) is 18.9. The lowest BCUT2D eigenvalue weighted by molar-refractivity contribution is -0.118. The Labute approximate surface area is 111 Å². The number of nitrogens with two attached hydrogens (primary N) is 1. The first-order valence-corrected chi connectivity index (χ1v) is 6.33. The van der Waals surface area contributed by atoms with E-state index < -0.39 is 5.82 Å². The summed E-state index contributed by atoms with van der Waals surface area (Å²) in [6.07, 6.45) is 2.20. The van der Waals surface area contributed by atoms with Crippen molar-refractivity contribution >= 4 is 11.6 Å². The fourth-order valence-corrected chi connectivity index (χ4v) is 2.57. The first-order valence-electron chi connectivity index (χ1n) is 6.33. The quantitative estimate of drug-likeness (QED) is 0.901. The van der Waals surface area contributed by atoms with E-state index in [2.05, 4.69) is 0 Å². The van der Waals surface area contributed by atoms with Crippen molar-refractivity contribution in [2.24, 2.45) is 11.7 Å². The molecule has 1 amide bonds. The Hall–Kier alpha value is -2.09. The van der Waals surface area contributed by atoms with Crippen molar-refractivity contribution in [2.45, 2.75) is 19.3 Å². The van der Waals surface area contributed by atoms with Crippen LogP contribution in [0.15, 0.2) is 18.2 Å². The minimum atomic E-state index is -0.390. The lowest BCUT2D eigenvalue weighted by atomic mass is 9.94. The number of carbonyl (C=O) groups is 1. The highest BCUT2D eigenvalue weighted by Gasteiger charge is 2.23. The van der Waals surface area contributed by atoms with Gasteiger partial charge in [-0.25, -0.2) is 4.39 Å². The molecule has 1 saturated heterocycles. The highest BCUT2D eigenvalue weighted by atomic mass is 19.1. The molecule has 1 aromatic rings. The molecule has 2 rings (SSSR count). The minimum Gasteiger partial charge on any atom is -0.370 e. The van der Waals surface area contributed by atoms with Gasteiger partial charge >= 0.3 is 0 Å². The molecular weight excluding hydrogens is 245 g/mol. The lowest BCUT2D eigenvalue weighted by Gasteiger charge is -2.34. The average Bonchev–Trinajstić information content (AvgIpc) is 2.38. The summed E-state index contributed by atoms with van der Waals surface area (Å²) in [5, 5.41) is 8.72. The molecule has 1 aliphatic heterocycles. The maximum absolute atomic E-state index is 13.9. The number of primary amides is 1. The molecular formula is C14H16FN3O. The van der Waals surface area contributed by atoms with Crippen LogP contribution in [0.25, 0.3) is 0 Å². The standard InChI is InChI=1S/C14H16FN3O/c15-12-6-10(8-16)3-4-13(12)18-5-1-2-11(9-18)7-14(17)19/h3-4,6,11H,1-2,5,7,9H2,(H2,17,19). The number of carbonyl (C=O) groups excluding carboxylic acids is 1. The number of piperidine rings is 1. The van der Waals surface area contributed by atoms with Crippen LogP contribution < -0.4 is 10.6 Å². The molecule has 0 radical (unpaired) electrons. The zero-order valence-corrected chi connectivity index (χ0v) is 10.6. The van der Waals surface area contributed by atoms with E-state index in [1.54, 1.807) is 12.1 Å². The smallest absolute Gasteiger partial charge is 0.217 e. The molecule has 100 valence electrons. The van der Waals surface area contributed by atoms with Gasteiger partial charge in [0.2, 0.25) is 5.91 Å². The van der Waals surface area contributed by atoms with Crippen LogP contribution in [0.2, 0.25) is 0 Å². The zero-order chi connectivity index (χ0) is 13.8. The Balaban J connectivity index is 2.13. The van der Waals surface area contributed by atoms with E-state index in [4.69, 9.17) is 11.0 Å². The van der Waals surface area contributed by atoms with Gasteiger partial charge in [-0.05, 0) is 37.0 Å². The van der Waals surface area contributed by atoms with E-state index in [9.17, 15) is 9.18 Å². The SMILES string of the molecule is N#Cc1ccc(N2CCCC(CC(N)=O)C2)c(F)c1. The van der Waals surface area contributed by atoms with Crippen LogP contribution in [0.4, 0.5) is 10.1 Å². The Bertz CT molecular complexity index is 524. The summed E-state index contributed by atoms with van der Waals surface area (Å²) in [5.74, 6) is -0.521. The molecule has 0 aromatic heterocycles. The second-order valence-electron chi connectivity index (χ2n) is 4.90. The van der Waals surface area contributed by atoms with E-state index in [-0.39, 0.29) is 11.8 Å². The van der Waals surface area contributed by atoms with Crippen LogP contribution in [0.3, 0.4) is 0 Å². The first kappa shape index (κ1) is 13.3. The number of rotatable bonds is 3. The van der Waals surface area contributed by atoms with Gasteiger partial charge in [0.1, 0.15) is 5.82 Å². The molecule has 1 aromatic carbocycles. The number of anilines is 1. The third-order valence-corrected chi connectivity index (χ3v) is 3.43. The molecule has 2 N–H and O–H groups in total. The highest BCUT2D eigenvalue weighted by molar-refractivity contribution is 5.74. The summed E-state index contributed by atoms with van der Waals surface area (Å²) in [6.45, 7) is 1.39. The number of nitrogens with zero attached hydrogens (tertiary/aromatic N) is 2. The van der Waals surface area contributed by atoms with Gasteiger partial charge in [-0.3, -0.25) is 4.79 Å². The Morgan fingerprint density at radius 2 is 2.37 bits per heavy atom. The highest BCUT2D eigenvalue weighted by Crippen LogP contribution is 2.27. The number of halogens is 1. The van der Waals surface area contributed by atoms with E-state index in [0.717, 1.165) is 19.4 Å². The van der Waals surface area contributed by atoms with E-state index >= 15 is 0 Å². The van der Waals surface area contributed by atoms with Gasteiger partial charge in [0.25, 0.3) is 0 Å². The Morgan fingerprint density at radius 3 is 3.00 bits per heavy atom. The monoisotopic (exact) mass is 261 g/mol. The van der Waals surface area contributed by atoms with Gasteiger partial charge < -0.3 is 10.6 Å². The van der Waals surface area contributed by atoms with Crippen molar-refractivity contribution in [1.29, 1.82) is 5.26 Å². The molecule has 0 saturated carbocycles. The van der Waals surface area contributed by atoms with Crippen LogP contribution in [0, 0.1) is 23.1 Å². The molecule has 5 heteroatoms. The second kappa shape index (κ2) is 5.70. The molecule has 1 heterocycles. The maximum atomic E-state index is 13.9. The molecule has 1 atom stereocenters. The maximum Gasteiger partial charge on any atom is 0.217 e. The predicted octanol–water partition coefficient (Wildman–Crippen LogP) is 1.79.